The first-order valence-corrected chi connectivity index (χ1v) is 17.1. The van der Waals surface area contributed by atoms with Gasteiger partial charge >= 0.3 is 5.63 Å². The van der Waals surface area contributed by atoms with Crippen molar-refractivity contribution in [2.45, 2.75) is 90.3 Å². The van der Waals surface area contributed by atoms with Crippen LogP contribution in [-0.2, 0) is 16.0 Å². The summed E-state index contributed by atoms with van der Waals surface area (Å²) in [6, 6.07) is 7.38. The Morgan fingerprint density at radius 2 is 1.82 bits per heavy atom. The Morgan fingerprint density at radius 1 is 1.02 bits per heavy atom. The van der Waals surface area contributed by atoms with Gasteiger partial charge in [-0.2, -0.15) is 0 Å². The van der Waals surface area contributed by atoms with Crippen LogP contribution in [0.3, 0.4) is 0 Å². The van der Waals surface area contributed by atoms with E-state index in [4.69, 9.17) is 9.15 Å². The molecule has 0 radical (unpaired) electrons. The summed E-state index contributed by atoms with van der Waals surface area (Å²) in [5.74, 6) is 2.75. The van der Waals surface area contributed by atoms with Gasteiger partial charge in [0, 0.05) is 42.8 Å². The van der Waals surface area contributed by atoms with E-state index in [1.165, 1.54) is 44.6 Å². The van der Waals surface area contributed by atoms with Crippen molar-refractivity contribution in [2.75, 3.05) is 45.7 Å². The molecule has 0 aliphatic heterocycles. The predicted molar refractivity (Wildman–Crippen MR) is 174 cm³/mol. The molecule has 8 nitrogen and oxygen atoms in total. The Bertz CT molecular complexity index is 1390. The fourth-order valence-electron chi connectivity index (χ4n) is 10.00. The fraction of sp³-hybridized carbons (Fsp3) is 0.722. The summed E-state index contributed by atoms with van der Waals surface area (Å²) in [6.45, 7) is 7.18. The van der Waals surface area contributed by atoms with E-state index in [0.29, 0.717) is 35.8 Å². The molecule has 1 aromatic carbocycles. The molecule has 1 aromatic heterocycles. The summed E-state index contributed by atoms with van der Waals surface area (Å²) in [6.07, 6.45) is 10.9. The third kappa shape index (κ3) is 6.19. The number of likely N-dealkylation sites (N-methyl/N-ethyl adjacent to an activating group) is 1. The quantitative estimate of drug-likeness (QED) is 0.319. The molecule has 4 fully saturated rings. The molecule has 0 unspecified atom stereocenters. The van der Waals surface area contributed by atoms with Crippen molar-refractivity contribution in [1.82, 2.24) is 10.2 Å². The Balaban J connectivity index is 1.01. The van der Waals surface area contributed by atoms with Crippen LogP contribution in [-0.4, -0.2) is 68.5 Å². The number of nitrogens with one attached hydrogen (secondary N) is 2. The van der Waals surface area contributed by atoms with Crippen LogP contribution >= 0.6 is 0 Å². The fourth-order valence-corrected chi connectivity index (χ4v) is 10.00. The first-order chi connectivity index (χ1) is 21.1. The van der Waals surface area contributed by atoms with E-state index < -0.39 is 0 Å². The lowest BCUT2D eigenvalue weighted by Gasteiger charge is -2.60. The van der Waals surface area contributed by atoms with Crippen LogP contribution in [0.1, 0.15) is 77.2 Å². The number of hydrogen-bond donors (Lipinski definition) is 3. The van der Waals surface area contributed by atoms with Gasteiger partial charge in [-0.05, 0) is 131 Å². The van der Waals surface area contributed by atoms with Gasteiger partial charge in [-0.1, -0.05) is 13.8 Å². The zero-order valence-corrected chi connectivity index (χ0v) is 27.2. The SMILES string of the molecule is CN(C)CCNc1ccc2c(CCNC(=O)CO[C@H]3CC[C@H]4[C@@H]5CC[C@H]6C[C@H](O)CC[C@]6(C)[C@H]5CC[C@]34C)cc(=O)oc2c1. The number of amides is 1. The number of hydrogen-bond acceptors (Lipinski definition) is 7. The summed E-state index contributed by atoms with van der Waals surface area (Å²) in [5.41, 5.74) is 2.47. The van der Waals surface area contributed by atoms with Crippen LogP contribution in [0.15, 0.2) is 33.5 Å². The van der Waals surface area contributed by atoms with E-state index in [9.17, 15) is 14.7 Å². The van der Waals surface area contributed by atoms with Crippen LogP contribution < -0.4 is 16.3 Å². The van der Waals surface area contributed by atoms with Crippen molar-refractivity contribution in [3.8, 4) is 0 Å². The number of aliphatic hydroxyl groups excluding tert-OH is 1. The number of ether oxygens (including phenoxy) is 1. The minimum atomic E-state index is -0.380. The minimum absolute atomic E-state index is 0.0817. The number of aliphatic hydroxyl groups is 1. The van der Waals surface area contributed by atoms with Gasteiger partial charge in [0.1, 0.15) is 12.2 Å². The normalized spacial score (nSPS) is 34.8. The van der Waals surface area contributed by atoms with Gasteiger partial charge in [0.2, 0.25) is 5.91 Å². The monoisotopic (exact) mass is 607 g/mol. The van der Waals surface area contributed by atoms with Crippen LogP contribution in [0.25, 0.3) is 11.0 Å². The number of carbonyl (C=O) groups excluding carboxylic acids is 1. The van der Waals surface area contributed by atoms with Crippen molar-refractivity contribution in [3.05, 3.63) is 40.2 Å². The van der Waals surface area contributed by atoms with Crippen LogP contribution in [0, 0.1) is 34.5 Å². The molecule has 44 heavy (non-hydrogen) atoms. The number of rotatable bonds is 10. The van der Waals surface area contributed by atoms with Crippen molar-refractivity contribution in [2.24, 2.45) is 34.5 Å². The molecule has 8 atom stereocenters. The van der Waals surface area contributed by atoms with Crippen LogP contribution in [0.4, 0.5) is 5.69 Å². The standard InChI is InChI=1S/C36H53N3O5/c1-35-14-11-26(40)20-24(35)5-7-28-29-9-10-32(36(29,2)15-12-30(28)35)43-22-33(41)38-16-13-23-19-34(42)44-31-21-25(6-8-27(23)31)37-17-18-39(3)4/h6,8,19,21,24,26,28-30,32,37,40H,5,7,9-18,20,22H2,1-4H3,(H,38,41)/t24-,26+,28-,29-,30-,32-,35-,36-/m0/s1. The molecular weight excluding hydrogens is 554 g/mol. The molecule has 2 aromatic rings. The lowest BCUT2D eigenvalue weighted by Crippen LogP contribution is -2.54. The Hall–Kier alpha value is -2.42. The molecule has 4 aliphatic rings. The summed E-state index contributed by atoms with van der Waals surface area (Å²) in [5, 5.41) is 17.6. The van der Waals surface area contributed by atoms with E-state index in [-0.39, 0.29) is 35.8 Å². The molecule has 4 aliphatic carbocycles. The van der Waals surface area contributed by atoms with E-state index in [2.05, 4.69) is 29.4 Å². The highest BCUT2D eigenvalue weighted by Crippen LogP contribution is 2.66. The largest absolute Gasteiger partial charge is 0.423 e. The number of fused-ring (bicyclic) bond motifs is 6. The number of benzene rings is 1. The third-order valence-electron chi connectivity index (χ3n) is 12.4. The summed E-state index contributed by atoms with van der Waals surface area (Å²) < 4.78 is 11.9. The van der Waals surface area contributed by atoms with Crippen molar-refractivity contribution in [3.63, 3.8) is 0 Å². The van der Waals surface area contributed by atoms with E-state index in [1.54, 1.807) is 0 Å². The van der Waals surface area contributed by atoms with E-state index >= 15 is 0 Å². The van der Waals surface area contributed by atoms with Gasteiger partial charge in [-0.15, -0.1) is 0 Å². The topological polar surface area (TPSA) is 104 Å². The number of carbonyl (C=O) groups is 1. The van der Waals surface area contributed by atoms with Gasteiger partial charge < -0.3 is 29.8 Å². The Labute approximate surface area is 262 Å². The lowest BCUT2D eigenvalue weighted by molar-refractivity contribution is -0.147. The van der Waals surface area contributed by atoms with E-state index in [0.717, 1.165) is 60.8 Å². The first-order valence-electron chi connectivity index (χ1n) is 17.1. The van der Waals surface area contributed by atoms with Gasteiger partial charge in [-0.3, -0.25) is 4.79 Å². The predicted octanol–water partition coefficient (Wildman–Crippen LogP) is 5.21. The second kappa shape index (κ2) is 12.8. The summed E-state index contributed by atoms with van der Waals surface area (Å²) in [7, 11) is 4.06. The van der Waals surface area contributed by atoms with Gasteiger partial charge in [-0.25, -0.2) is 4.79 Å². The van der Waals surface area contributed by atoms with Crippen molar-refractivity contribution in [1.29, 1.82) is 0 Å². The second-order valence-electron chi connectivity index (χ2n) is 15.1. The molecule has 8 heteroatoms. The molecule has 0 bridgehead atoms. The molecular formula is C36H53N3O5. The molecule has 0 saturated heterocycles. The van der Waals surface area contributed by atoms with Gasteiger partial charge in [0.25, 0.3) is 0 Å². The second-order valence-corrected chi connectivity index (χ2v) is 15.1. The maximum atomic E-state index is 12.9. The highest BCUT2D eigenvalue weighted by atomic mass is 16.5. The number of nitrogens with zero attached hydrogens (tertiary/aromatic N) is 1. The van der Waals surface area contributed by atoms with Crippen molar-refractivity contribution >= 4 is 22.6 Å². The zero-order valence-electron chi connectivity index (χ0n) is 27.2. The van der Waals surface area contributed by atoms with Gasteiger partial charge in [0.15, 0.2) is 0 Å². The average molecular weight is 608 g/mol. The molecule has 1 amide bonds. The zero-order chi connectivity index (χ0) is 31.1. The molecule has 242 valence electrons. The van der Waals surface area contributed by atoms with E-state index in [1.807, 2.05) is 32.3 Å². The van der Waals surface area contributed by atoms with Gasteiger partial charge in [0.05, 0.1) is 12.2 Å². The third-order valence-corrected chi connectivity index (χ3v) is 12.4. The molecule has 4 saturated carbocycles. The minimum Gasteiger partial charge on any atom is -0.423 e. The highest BCUT2D eigenvalue weighted by Gasteiger charge is 2.60. The lowest BCUT2D eigenvalue weighted by atomic mass is 9.45. The summed E-state index contributed by atoms with van der Waals surface area (Å²) >= 11 is 0. The highest BCUT2D eigenvalue weighted by molar-refractivity contribution is 5.83. The maximum Gasteiger partial charge on any atom is 0.336 e. The average Bonchev–Trinajstić information content (AvgIpc) is 3.32. The molecule has 1 heterocycles. The molecule has 0 spiro atoms. The van der Waals surface area contributed by atoms with Crippen molar-refractivity contribution < 1.29 is 19.1 Å². The molecule has 3 N–H and O–H groups in total. The first kappa shape index (κ1) is 31.6. The summed E-state index contributed by atoms with van der Waals surface area (Å²) in [4.78, 5) is 27.3. The smallest absolute Gasteiger partial charge is 0.336 e. The maximum absolute atomic E-state index is 12.9. The number of anilines is 1. The Morgan fingerprint density at radius 3 is 2.64 bits per heavy atom. The van der Waals surface area contributed by atoms with Crippen LogP contribution in [0.2, 0.25) is 0 Å². The molecule has 6 rings (SSSR count). The Kier molecular flexibility index (Phi) is 9.15. The van der Waals surface area contributed by atoms with Crippen LogP contribution in [0.5, 0.6) is 0 Å².